The standard InChI is InChI=1S/C17H19ClN2O5/c1-17(2,3)16-20-11(15(22)25-16)6-9-5-10(18)14(12(7-9)23-4)24-8-13(19)21/h5-7H,8H2,1-4H3,(H2,19,21)/b11-6-. The summed E-state index contributed by atoms with van der Waals surface area (Å²) in [7, 11) is 1.43. The van der Waals surface area contributed by atoms with Crippen LogP contribution in [-0.2, 0) is 14.3 Å². The van der Waals surface area contributed by atoms with Crippen LogP contribution in [0.3, 0.4) is 0 Å². The van der Waals surface area contributed by atoms with Crippen LogP contribution in [0.1, 0.15) is 26.3 Å². The van der Waals surface area contributed by atoms with Gasteiger partial charge in [0, 0.05) is 5.41 Å². The number of esters is 1. The summed E-state index contributed by atoms with van der Waals surface area (Å²) < 4.78 is 15.7. The molecule has 0 fully saturated rings. The Hall–Kier alpha value is -2.54. The third kappa shape index (κ3) is 4.51. The van der Waals surface area contributed by atoms with Crippen LogP contribution < -0.4 is 15.2 Å². The first-order valence-electron chi connectivity index (χ1n) is 7.43. The molecule has 1 aromatic carbocycles. The molecule has 0 bridgehead atoms. The molecule has 0 aromatic heterocycles. The number of hydrogen-bond donors (Lipinski definition) is 1. The number of amides is 1. The first-order valence-corrected chi connectivity index (χ1v) is 7.81. The molecule has 1 aliphatic rings. The number of hydrogen-bond acceptors (Lipinski definition) is 6. The number of carbonyl (C=O) groups is 2. The van der Waals surface area contributed by atoms with Crippen molar-refractivity contribution in [2.45, 2.75) is 20.8 Å². The minimum atomic E-state index is -0.637. The smallest absolute Gasteiger partial charge is 0.363 e. The summed E-state index contributed by atoms with van der Waals surface area (Å²) in [5.41, 5.74) is 5.41. The Morgan fingerprint density at radius 2 is 2.08 bits per heavy atom. The zero-order valence-corrected chi connectivity index (χ0v) is 15.1. The van der Waals surface area contributed by atoms with Gasteiger partial charge in [0.1, 0.15) is 0 Å². The molecular weight excluding hydrogens is 348 g/mol. The van der Waals surface area contributed by atoms with E-state index in [1.807, 2.05) is 20.8 Å². The lowest BCUT2D eigenvalue weighted by molar-refractivity contribution is -0.130. The molecule has 0 unspecified atom stereocenters. The normalized spacial score (nSPS) is 15.8. The summed E-state index contributed by atoms with van der Waals surface area (Å²) in [6.45, 7) is 5.36. The van der Waals surface area contributed by atoms with Crippen molar-refractivity contribution in [2.24, 2.45) is 16.1 Å². The summed E-state index contributed by atoms with van der Waals surface area (Å²) in [5.74, 6) is -0.329. The van der Waals surface area contributed by atoms with Gasteiger partial charge in [0.15, 0.2) is 23.8 Å². The van der Waals surface area contributed by atoms with E-state index in [-0.39, 0.29) is 28.5 Å². The van der Waals surface area contributed by atoms with E-state index >= 15 is 0 Å². The van der Waals surface area contributed by atoms with E-state index in [4.69, 9.17) is 31.5 Å². The fourth-order valence-corrected chi connectivity index (χ4v) is 2.27. The van der Waals surface area contributed by atoms with E-state index in [0.29, 0.717) is 17.2 Å². The van der Waals surface area contributed by atoms with Crippen molar-refractivity contribution >= 4 is 35.5 Å². The second-order valence-corrected chi connectivity index (χ2v) is 6.78. The number of nitrogens with two attached hydrogens (primary N) is 1. The molecule has 8 heteroatoms. The average molecular weight is 367 g/mol. The number of halogens is 1. The van der Waals surface area contributed by atoms with Gasteiger partial charge in [-0.25, -0.2) is 9.79 Å². The summed E-state index contributed by atoms with van der Waals surface area (Å²) >= 11 is 6.18. The van der Waals surface area contributed by atoms with Gasteiger partial charge in [-0.05, 0) is 23.8 Å². The molecule has 0 atom stereocenters. The van der Waals surface area contributed by atoms with Crippen LogP contribution in [0.25, 0.3) is 6.08 Å². The molecule has 2 rings (SSSR count). The zero-order chi connectivity index (χ0) is 18.8. The van der Waals surface area contributed by atoms with Crippen LogP contribution in [0.5, 0.6) is 11.5 Å². The Kier molecular flexibility index (Phi) is 5.37. The Morgan fingerprint density at radius 3 is 2.60 bits per heavy atom. The van der Waals surface area contributed by atoms with Gasteiger partial charge < -0.3 is 19.9 Å². The summed E-state index contributed by atoms with van der Waals surface area (Å²) in [6.07, 6.45) is 1.54. The van der Waals surface area contributed by atoms with Crippen molar-refractivity contribution in [3.05, 3.63) is 28.4 Å². The highest BCUT2D eigenvalue weighted by Crippen LogP contribution is 2.37. The number of nitrogens with zero attached hydrogens (tertiary/aromatic N) is 1. The Morgan fingerprint density at radius 1 is 1.40 bits per heavy atom. The summed E-state index contributed by atoms with van der Waals surface area (Å²) in [5, 5.41) is 0.207. The second kappa shape index (κ2) is 7.14. The monoisotopic (exact) mass is 366 g/mol. The number of primary amides is 1. The highest BCUT2D eigenvalue weighted by Gasteiger charge is 2.31. The topological polar surface area (TPSA) is 100 Å². The third-order valence-electron chi connectivity index (χ3n) is 3.18. The molecular formula is C17H19ClN2O5. The molecule has 0 saturated heterocycles. The lowest BCUT2D eigenvalue weighted by atomic mass is 9.97. The molecule has 0 saturated carbocycles. The summed E-state index contributed by atoms with van der Waals surface area (Å²) in [4.78, 5) is 27.1. The number of benzene rings is 1. The van der Waals surface area contributed by atoms with Crippen LogP contribution in [0.4, 0.5) is 0 Å². The lowest BCUT2D eigenvalue weighted by Gasteiger charge is -2.15. The average Bonchev–Trinajstić information content (AvgIpc) is 2.86. The molecule has 0 radical (unpaired) electrons. The van der Waals surface area contributed by atoms with Crippen LogP contribution in [0.15, 0.2) is 22.8 Å². The molecule has 2 N–H and O–H groups in total. The van der Waals surface area contributed by atoms with Crippen molar-refractivity contribution in [2.75, 3.05) is 13.7 Å². The van der Waals surface area contributed by atoms with Crippen molar-refractivity contribution in [3.63, 3.8) is 0 Å². The van der Waals surface area contributed by atoms with Gasteiger partial charge in [-0.2, -0.15) is 0 Å². The number of aliphatic imine (C=N–C) groups is 1. The maximum Gasteiger partial charge on any atom is 0.363 e. The van der Waals surface area contributed by atoms with Crippen molar-refractivity contribution < 1.29 is 23.8 Å². The van der Waals surface area contributed by atoms with Gasteiger partial charge in [-0.15, -0.1) is 0 Å². The number of carbonyl (C=O) groups excluding carboxylic acids is 2. The van der Waals surface area contributed by atoms with Gasteiger partial charge in [0.2, 0.25) is 5.90 Å². The van der Waals surface area contributed by atoms with Crippen molar-refractivity contribution in [3.8, 4) is 11.5 Å². The van der Waals surface area contributed by atoms with E-state index in [1.165, 1.54) is 13.2 Å². The molecule has 1 heterocycles. The van der Waals surface area contributed by atoms with Gasteiger partial charge in [-0.1, -0.05) is 32.4 Å². The van der Waals surface area contributed by atoms with Gasteiger partial charge in [-0.3, -0.25) is 4.79 Å². The number of rotatable bonds is 5. The van der Waals surface area contributed by atoms with Crippen molar-refractivity contribution in [1.29, 1.82) is 0 Å². The fraction of sp³-hybridized carbons (Fsp3) is 0.353. The Balaban J connectivity index is 2.37. The molecule has 1 aromatic rings. The van der Waals surface area contributed by atoms with Crippen molar-refractivity contribution in [1.82, 2.24) is 0 Å². The maximum absolute atomic E-state index is 12.0. The van der Waals surface area contributed by atoms with E-state index < -0.39 is 11.9 Å². The molecule has 7 nitrogen and oxygen atoms in total. The van der Waals surface area contributed by atoms with Crippen LogP contribution in [-0.4, -0.2) is 31.5 Å². The largest absolute Gasteiger partial charge is 0.493 e. The predicted octanol–water partition coefficient (Wildman–Crippen LogP) is 2.55. The minimum absolute atomic E-state index is 0.161. The third-order valence-corrected chi connectivity index (χ3v) is 3.46. The van der Waals surface area contributed by atoms with Crippen LogP contribution in [0.2, 0.25) is 5.02 Å². The Bertz CT molecular complexity index is 778. The highest BCUT2D eigenvalue weighted by atomic mass is 35.5. The minimum Gasteiger partial charge on any atom is -0.493 e. The zero-order valence-electron chi connectivity index (χ0n) is 14.4. The SMILES string of the molecule is COc1cc(/C=C2\N=C(C(C)(C)C)OC2=O)cc(Cl)c1OCC(N)=O. The van der Waals surface area contributed by atoms with Crippen LogP contribution >= 0.6 is 11.6 Å². The highest BCUT2D eigenvalue weighted by molar-refractivity contribution is 6.32. The maximum atomic E-state index is 12.0. The first-order chi connectivity index (χ1) is 11.6. The fourth-order valence-electron chi connectivity index (χ4n) is 1.99. The quantitative estimate of drug-likeness (QED) is 0.637. The molecule has 25 heavy (non-hydrogen) atoms. The molecule has 0 aliphatic carbocycles. The van der Waals surface area contributed by atoms with Crippen LogP contribution in [0, 0.1) is 5.41 Å². The number of ether oxygens (including phenoxy) is 3. The van der Waals surface area contributed by atoms with Gasteiger partial charge in [0.25, 0.3) is 5.91 Å². The number of cyclic esters (lactones) is 1. The lowest BCUT2D eigenvalue weighted by Crippen LogP contribution is -2.21. The molecule has 134 valence electrons. The van der Waals surface area contributed by atoms with E-state index in [2.05, 4.69) is 4.99 Å². The van der Waals surface area contributed by atoms with Gasteiger partial charge in [0.05, 0.1) is 12.1 Å². The predicted molar refractivity (Wildman–Crippen MR) is 93.7 cm³/mol. The first kappa shape index (κ1) is 18.8. The molecule has 1 aliphatic heterocycles. The van der Waals surface area contributed by atoms with Gasteiger partial charge >= 0.3 is 5.97 Å². The van der Waals surface area contributed by atoms with E-state index in [1.54, 1.807) is 12.1 Å². The Labute approximate surface area is 150 Å². The number of methoxy groups -OCH3 is 1. The molecule has 0 spiro atoms. The molecule has 1 amide bonds. The van der Waals surface area contributed by atoms with E-state index in [9.17, 15) is 9.59 Å². The summed E-state index contributed by atoms with van der Waals surface area (Å²) in [6, 6.07) is 3.17. The van der Waals surface area contributed by atoms with E-state index in [0.717, 1.165) is 0 Å². The second-order valence-electron chi connectivity index (χ2n) is 6.38.